The number of nitrogens with zero attached hydrogens (tertiary/aromatic N) is 6. The van der Waals surface area contributed by atoms with Crippen LogP contribution in [0.5, 0.6) is 5.75 Å². The van der Waals surface area contributed by atoms with Gasteiger partial charge in [-0.25, -0.2) is 19.1 Å². The number of benzene rings is 7. The zero-order valence-corrected chi connectivity index (χ0v) is 40.4. The molecule has 0 atom stereocenters. The minimum Gasteiger partial charge on any atom is -1.00 e. The Morgan fingerprint density at radius 1 is 0.646 bits per heavy atom. The van der Waals surface area contributed by atoms with Crippen molar-refractivity contribution in [3.8, 4) is 28.7 Å². The van der Waals surface area contributed by atoms with Crippen molar-refractivity contribution in [2.75, 3.05) is 72.8 Å². The van der Waals surface area contributed by atoms with Crippen LogP contribution < -0.4 is 78.2 Å². The number of ether oxygens (including phenoxy) is 1. The average molecular weight is 932 g/mol. The average Bonchev–Trinajstić information content (AvgIpc) is 3.54. The summed E-state index contributed by atoms with van der Waals surface area (Å²) >= 11 is 0. The molecule has 14 heteroatoms. The lowest BCUT2D eigenvalue weighted by Crippen LogP contribution is -3.00. The van der Waals surface area contributed by atoms with Gasteiger partial charge in [0.1, 0.15) is 63.4 Å². The molecule has 0 aromatic heterocycles. The maximum Gasteiger partial charge on any atom is 0.220 e. The summed E-state index contributed by atoms with van der Waals surface area (Å²) < 4.78 is 23.4. The smallest absolute Gasteiger partial charge is 0.220 e. The van der Waals surface area contributed by atoms with E-state index in [2.05, 4.69) is 119 Å². The van der Waals surface area contributed by atoms with Crippen LogP contribution >= 0.6 is 0 Å². The Hall–Kier alpha value is -6.66. The Morgan fingerprint density at radius 3 is 1.89 bits per heavy atom. The standard InChI is InChI=1S/C20H19N2.C16H17N3O.C15H15N3O2.3ClH/c1-21(2)16-12-10-15(11-13-16)20-17-8-4-6-14-7-5-9-18(19(14)17)22(20)3;1-9-5-12-15(7-11(9)17)20-16-8-14(19(3)4)10(2)6-13(16)18-12;1-18(2)9-4-5-11-14(6-9)20-15-7-10(16)13(19-3)8-12(15)17-11;;;/h4-13H,1-3H3;5-8,17H,1-4H3;4-8,16H,1-3H3;3*1H/q+1;;;;;/p-1. The zero-order chi connectivity index (χ0) is 44.0. The van der Waals surface area contributed by atoms with Gasteiger partial charge in [-0.05, 0) is 73.3 Å². The number of methoxy groups -OCH3 is 1. The minimum absolute atomic E-state index is 0. The lowest BCUT2D eigenvalue weighted by molar-refractivity contribution is -0.399. The third-order valence-electron chi connectivity index (χ3n) is 11.3. The van der Waals surface area contributed by atoms with Crippen molar-refractivity contribution < 1.29 is 55.4 Å². The fourth-order valence-corrected chi connectivity index (χ4v) is 7.90. The first-order valence-electron chi connectivity index (χ1n) is 20.4. The van der Waals surface area contributed by atoms with Gasteiger partial charge in [0, 0.05) is 66.9 Å². The molecule has 0 saturated heterocycles. The van der Waals surface area contributed by atoms with E-state index in [9.17, 15) is 0 Å². The topological polar surface area (TPSA) is 126 Å². The van der Waals surface area contributed by atoms with Crippen LogP contribution in [0.4, 0.5) is 22.7 Å². The summed E-state index contributed by atoms with van der Waals surface area (Å²) in [6.07, 6.45) is 0. The van der Waals surface area contributed by atoms with E-state index in [-0.39, 0.29) is 37.2 Å². The highest BCUT2D eigenvalue weighted by molar-refractivity contribution is 6.22. The molecule has 0 spiro atoms. The van der Waals surface area contributed by atoms with Crippen LogP contribution in [0.3, 0.4) is 0 Å². The Labute approximate surface area is 397 Å². The second-order valence-electron chi connectivity index (χ2n) is 16.2. The predicted octanol–water partition coefficient (Wildman–Crippen LogP) is -1.24. The molecule has 0 radical (unpaired) electrons. The van der Waals surface area contributed by atoms with Gasteiger partial charge < -0.3 is 67.2 Å². The largest absolute Gasteiger partial charge is 1.00 e. The maximum absolute atomic E-state index is 5.96. The summed E-state index contributed by atoms with van der Waals surface area (Å²) in [5, 5.41) is 4.85. The second-order valence-corrected chi connectivity index (χ2v) is 16.2. The number of nitrogen functional groups attached to an aromatic ring is 2. The van der Waals surface area contributed by atoms with Crippen molar-refractivity contribution in [3.63, 3.8) is 0 Å². The van der Waals surface area contributed by atoms with Crippen molar-refractivity contribution in [2.24, 2.45) is 0 Å². The Morgan fingerprint density at radius 2 is 1.26 bits per heavy atom. The van der Waals surface area contributed by atoms with E-state index in [0.717, 1.165) is 55.9 Å². The normalized spacial score (nSPS) is 11.2. The molecule has 2 aliphatic carbocycles. The number of fused-ring (bicyclic) bond motifs is 4. The molecule has 336 valence electrons. The number of hydrogen-bond donors (Lipinski definition) is 2. The highest BCUT2D eigenvalue weighted by Crippen LogP contribution is 2.36. The summed E-state index contributed by atoms with van der Waals surface area (Å²) in [5.41, 5.74) is 26.3. The van der Waals surface area contributed by atoms with Crippen LogP contribution in [0.15, 0.2) is 124 Å². The monoisotopic (exact) mass is 930 g/mol. The van der Waals surface area contributed by atoms with E-state index in [1.807, 2.05) is 76.1 Å². The molecular formula is C51H53Cl3N8O3. The fraction of sp³-hybridized carbons (Fsp3) is 0.196. The summed E-state index contributed by atoms with van der Waals surface area (Å²) in [7, 11) is 15.9. The molecule has 5 aromatic carbocycles. The number of halogens is 3. The third kappa shape index (κ3) is 9.73. The fourth-order valence-electron chi connectivity index (χ4n) is 7.90. The molecule has 0 unspecified atom stereocenters. The summed E-state index contributed by atoms with van der Waals surface area (Å²) in [6, 6.07) is 39.2. The van der Waals surface area contributed by atoms with Gasteiger partial charge in [-0.1, -0.05) is 24.3 Å². The number of nitrogens with two attached hydrogens (primary N) is 2. The summed E-state index contributed by atoms with van der Waals surface area (Å²) in [5.74, 6) is 2.10. The molecule has 0 fully saturated rings. The quantitative estimate of drug-likeness (QED) is 0.128. The van der Waals surface area contributed by atoms with E-state index in [1.54, 1.807) is 19.2 Å². The van der Waals surface area contributed by atoms with Crippen LogP contribution in [0.25, 0.3) is 55.9 Å². The highest BCUT2D eigenvalue weighted by Gasteiger charge is 2.30. The second kappa shape index (κ2) is 20.0. The molecule has 3 aliphatic heterocycles. The van der Waals surface area contributed by atoms with Crippen molar-refractivity contribution in [3.05, 3.63) is 148 Å². The van der Waals surface area contributed by atoms with Crippen LogP contribution in [0, 0.1) is 13.8 Å². The predicted molar refractivity (Wildman–Crippen MR) is 254 cm³/mol. The molecule has 0 bridgehead atoms. The van der Waals surface area contributed by atoms with E-state index in [1.165, 1.54) is 44.5 Å². The molecule has 0 amide bonds. The molecule has 3 heterocycles. The van der Waals surface area contributed by atoms with Gasteiger partial charge in [0.05, 0.1) is 35.9 Å². The van der Waals surface area contributed by atoms with E-state index < -0.39 is 0 Å². The van der Waals surface area contributed by atoms with Gasteiger partial charge in [0.2, 0.25) is 22.1 Å². The lowest BCUT2D eigenvalue weighted by Gasteiger charge is -2.12. The first-order valence-corrected chi connectivity index (χ1v) is 20.4. The van der Waals surface area contributed by atoms with Crippen LogP contribution in [0.2, 0.25) is 0 Å². The molecule has 4 N–H and O–H groups in total. The Balaban J connectivity index is 0.000000179. The minimum atomic E-state index is 0. The number of aromatic nitrogens is 2. The van der Waals surface area contributed by atoms with Gasteiger partial charge in [-0.2, -0.15) is 4.58 Å². The zero-order valence-electron chi connectivity index (χ0n) is 38.2. The number of aryl methyl sites for hydroxylation is 2. The van der Waals surface area contributed by atoms with Crippen LogP contribution in [-0.4, -0.2) is 76.7 Å². The van der Waals surface area contributed by atoms with Gasteiger partial charge >= 0.3 is 0 Å². The van der Waals surface area contributed by atoms with Crippen LogP contribution in [-0.2, 0) is 0 Å². The molecular weight excluding hydrogens is 879 g/mol. The lowest BCUT2D eigenvalue weighted by atomic mass is 9.98. The SMILES string of the molecule is CN(C)c1ccc(C2=[N+](C)c3cccc4cccc2c34)cc1.COc1cc2nc3ccc(=[N+](C)C)cc-3oc2cc1N.Cc1cc2nc3cc(C)c(=[N+](C)C)cc-3oc2cc1N.[Cl-].[Cl-].[Cl-]. The van der Waals surface area contributed by atoms with Crippen LogP contribution in [0.1, 0.15) is 22.3 Å². The molecule has 65 heavy (non-hydrogen) atoms. The van der Waals surface area contributed by atoms with Gasteiger partial charge in [0.15, 0.2) is 22.7 Å². The highest BCUT2D eigenvalue weighted by atomic mass is 35.5. The van der Waals surface area contributed by atoms with Crippen molar-refractivity contribution in [2.45, 2.75) is 13.8 Å². The Kier molecular flexibility index (Phi) is 15.2. The maximum atomic E-state index is 5.96. The van der Waals surface area contributed by atoms with Crippen molar-refractivity contribution in [1.82, 2.24) is 19.1 Å². The van der Waals surface area contributed by atoms with E-state index in [4.69, 9.17) is 25.0 Å². The van der Waals surface area contributed by atoms with E-state index >= 15 is 0 Å². The molecule has 11 nitrogen and oxygen atoms in total. The number of hydrogen-bond acceptors (Lipinski definition) is 8. The molecule has 5 aromatic rings. The van der Waals surface area contributed by atoms with Crippen molar-refractivity contribution >= 4 is 61.4 Å². The molecule has 5 aliphatic rings. The molecule has 0 saturated carbocycles. The van der Waals surface area contributed by atoms with Crippen molar-refractivity contribution in [1.29, 1.82) is 0 Å². The summed E-state index contributed by atoms with van der Waals surface area (Å²) in [4.78, 5) is 11.4. The first-order chi connectivity index (χ1) is 29.7. The van der Waals surface area contributed by atoms with Gasteiger partial charge in [-0.15, -0.1) is 0 Å². The first kappa shape index (κ1) is 49.4. The van der Waals surface area contributed by atoms with Gasteiger partial charge in [0.25, 0.3) is 0 Å². The number of anilines is 3. The van der Waals surface area contributed by atoms with Gasteiger partial charge in [-0.3, -0.25) is 0 Å². The summed E-state index contributed by atoms with van der Waals surface area (Å²) in [6.45, 7) is 4.05. The third-order valence-corrected chi connectivity index (χ3v) is 11.3. The Bertz CT molecular complexity index is 3310. The molecule has 10 rings (SSSR count). The van der Waals surface area contributed by atoms with E-state index in [0.29, 0.717) is 22.6 Å². The number of rotatable bonds is 3.